The molecule has 15 heteroatoms. The molecule has 296 valence electrons. The zero-order valence-electron chi connectivity index (χ0n) is 32.0. The van der Waals surface area contributed by atoms with Gasteiger partial charge in [-0.05, 0) is 74.4 Å². The number of nitrogens with zero attached hydrogens (tertiary/aromatic N) is 7. The minimum absolute atomic E-state index is 0.0451. The predicted octanol–water partition coefficient (Wildman–Crippen LogP) is 2.71. The standard InChI is InChI=1S/C42H47N9O6/c1-42-22-48(19-25(42)20-49(23-42)27-10-11-29-31(16-27)41(57)51(40(29)56)33-12-13-36(53)44-38(33)54)26-8-6-24(7-9-26)39(55)47-14-15-50-28(21-47)18-43-37-34(50)17-32(45-46-37)30-4-2-3-5-35(30)52/h2-5,10-11,16-17,24-26,28,33,52H,6-9,12-15,18-23H2,1H3,(H,43,46)(H,44,53,54)/t24?,25?,26?,28-,33?,42?/m0/s1. The van der Waals surface area contributed by atoms with Crippen molar-refractivity contribution in [3.05, 3.63) is 59.7 Å². The molecule has 7 heterocycles. The Kier molecular flexibility index (Phi) is 8.50. The molecule has 3 N–H and O–H groups in total. The number of para-hydroxylation sites is 1. The molecular formula is C42H47N9O6. The molecule has 57 heavy (non-hydrogen) atoms. The second-order valence-electron chi connectivity index (χ2n) is 17.3. The summed E-state index contributed by atoms with van der Waals surface area (Å²) in [7, 11) is 0. The summed E-state index contributed by atoms with van der Waals surface area (Å²) in [4.78, 5) is 75.2. The highest BCUT2D eigenvalue weighted by Crippen LogP contribution is 2.46. The van der Waals surface area contributed by atoms with Gasteiger partial charge in [-0.15, -0.1) is 10.2 Å². The number of hydrogen-bond donors (Lipinski definition) is 3. The molecule has 5 fully saturated rings. The number of amides is 5. The molecule has 7 aliphatic rings. The van der Waals surface area contributed by atoms with Gasteiger partial charge in [-0.2, -0.15) is 0 Å². The zero-order valence-corrected chi connectivity index (χ0v) is 32.0. The van der Waals surface area contributed by atoms with Crippen molar-refractivity contribution in [2.45, 2.75) is 63.6 Å². The normalized spacial score (nSPS) is 29.8. The first kappa shape index (κ1) is 35.8. The van der Waals surface area contributed by atoms with Gasteiger partial charge < -0.3 is 25.1 Å². The summed E-state index contributed by atoms with van der Waals surface area (Å²) in [5.41, 5.74) is 3.81. The van der Waals surface area contributed by atoms with Crippen molar-refractivity contribution in [2.24, 2.45) is 17.3 Å². The van der Waals surface area contributed by atoms with Crippen LogP contribution in [0.25, 0.3) is 11.3 Å². The quantitative estimate of drug-likeness (QED) is 0.325. The Hall–Kier alpha value is -5.57. The molecule has 1 saturated carbocycles. The monoisotopic (exact) mass is 773 g/mol. The molecular weight excluding hydrogens is 727 g/mol. The molecule has 6 aliphatic heterocycles. The third-order valence-corrected chi connectivity index (χ3v) is 13.9. The molecule has 0 bridgehead atoms. The maximum absolute atomic E-state index is 13.9. The lowest BCUT2D eigenvalue weighted by atomic mass is 9.83. The lowest BCUT2D eigenvalue weighted by Crippen LogP contribution is -2.60. The topological polar surface area (TPSA) is 172 Å². The van der Waals surface area contributed by atoms with Gasteiger partial charge in [0.05, 0.1) is 28.6 Å². The summed E-state index contributed by atoms with van der Waals surface area (Å²) in [6, 6.07) is 14.2. The number of aromatic hydroxyl groups is 1. The second kappa shape index (κ2) is 13.5. The van der Waals surface area contributed by atoms with Gasteiger partial charge in [-0.1, -0.05) is 19.1 Å². The average molecular weight is 774 g/mol. The number of imide groups is 2. The summed E-state index contributed by atoms with van der Waals surface area (Å²) in [5, 5.41) is 24.9. The third kappa shape index (κ3) is 6.00. The molecule has 3 aromatic rings. The van der Waals surface area contributed by atoms with Gasteiger partial charge in [0.25, 0.3) is 11.8 Å². The smallest absolute Gasteiger partial charge is 0.262 e. The highest BCUT2D eigenvalue weighted by Gasteiger charge is 2.52. The van der Waals surface area contributed by atoms with Gasteiger partial charge >= 0.3 is 0 Å². The van der Waals surface area contributed by atoms with E-state index in [1.165, 1.54) is 0 Å². The minimum atomic E-state index is -0.977. The molecule has 0 radical (unpaired) electrons. The minimum Gasteiger partial charge on any atom is -0.507 e. The van der Waals surface area contributed by atoms with Crippen LogP contribution in [0.2, 0.25) is 0 Å². The Morgan fingerprint density at radius 3 is 2.44 bits per heavy atom. The Bertz CT molecular complexity index is 2210. The number of carbonyl (C=O) groups excluding carboxylic acids is 5. The van der Waals surface area contributed by atoms with Crippen LogP contribution < -0.4 is 20.4 Å². The maximum atomic E-state index is 13.9. The van der Waals surface area contributed by atoms with Crippen molar-refractivity contribution in [1.82, 2.24) is 30.2 Å². The summed E-state index contributed by atoms with van der Waals surface area (Å²) in [5.74, 6) is -0.291. The number of benzene rings is 2. The van der Waals surface area contributed by atoms with E-state index in [4.69, 9.17) is 0 Å². The number of likely N-dealkylation sites (tertiary alicyclic amines) is 1. The summed E-state index contributed by atoms with van der Waals surface area (Å²) in [6.45, 7) is 8.77. The predicted molar refractivity (Wildman–Crippen MR) is 210 cm³/mol. The molecule has 5 amide bonds. The maximum Gasteiger partial charge on any atom is 0.262 e. The molecule has 0 spiro atoms. The first-order chi connectivity index (χ1) is 27.5. The Morgan fingerprint density at radius 2 is 1.65 bits per heavy atom. The lowest BCUT2D eigenvalue weighted by Gasteiger charge is -2.46. The van der Waals surface area contributed by atoms with E-state index in [0.717, 1.165) is 80.5 Å². The van der Waals surface area contributed by atoms with Crippen LogP contribution in [0.3, 0.4) is 0 Å². The molecule has 3 unspecified atom stereocenters. The number of nitrogens with one attached hydrogen (secondary N) is 2. The second-order valence-corrected chi connectivity index (χ2v) is 17.3. The number of rotatable bonds is 5. The molecule has 1 aromatic heterocycles. The van der Waals surface area contributed by atoms with Gasteiger partial charge in [-0.25, -0.2) is 0 Å². The van der Waals surface area contributed by atoms with E-state index in [1.807, 2.05) is 24.3 Å². The first-order valence-electron chi connectivity index (χ1n) is 20.3. The van der Waals surface area contributed by atoms with Crippen molar-refractivity contribution in [2.75, 3.05) is 67.5 Å². The van der Waals surface area contributed by atoms with E-state index in [0.29, 0.717) is 54.0 Å². The van der Waals surface area contributed by atoms with E-state index in [-0.39, 0.29) is 41.9 Å². The third-order valence-electron chi connectivity index (χ3n) is 13.9. The number of carbonyl (C=O) groups is 5. The first-order valence-corrected chi connectivity index (χ1v) is 20.3. The van der Waals surface area contributed by atoms with E-state index >= 15 is 0 Å². The number of piperazine rings is 1. The Morgan fingerprint density at radius 1 is 0.842 bits per heavy atom. The van der Waals surface area contributed by atoms with Crippen LogP contribution in [0, 0.1) is 17.3 Å². The fraction of sp³-hybridized carbons (Fsp3) is 0.500. The van der Waals surface area contributed by atoms with Crippen LogP contribution in [-0.4, -0.2) is 130 Å². The highest BCUT2D eigenvalue weighted by molar-refractivity contribution is 6.23. The number of phenolic OH excluding ortho intramolecular Hbond substituents is 1. The number of piperidine rings is 1. The van der Waals surface area contributed by atoms with Crippen molar-refractivity contribution >= 4 is 46.7 Å². The van der Waals surface area contributed by atoms with Crippen molar-refractivity contribution in [3.63, 3.8) is 0 Å². The molecule has 4 atom stereocenters. The fourth-order valence-electron chi connectivity index (χ4n) is 10.8. The van der Waals surface area contributed by atoms with E-state index < -0.39 is 29.7 Å². The van der Waals surface area contributed by atoms with E-state index in [2.05, 4.69) is 47.4 Å². The highest BCUT2D eigenvalue weighted by atomic mass is 16.3. The van der Waals surface area contributed by atoms with Crippen molar-refractivity contribution < 1.29 is 29.1 Å². The van der Waals surface area contributed by atoms with Crippen LogP contribution in [0.4, 0.5) is 17.2 Å². The number of hydrogen-bond acceptors (Lipinski definition) is 12. The van der Waals surface area contributed by atoms with Crippen LogP contribution in [0.15, 0.2) is 48.5 Å². The van der Waals surface area contributed by atoms with Gasteiger partial charge in [0.2, 0.25) is 17.7 Å². The SMILES string of the molecule is CC12CN(c3ccc4c(c3)C(=O)N(C3CCC(=O)NC3=O)C4=O)CC1CN(C1CCC(C(=O)N3CCN4c5cc(-c6ccccc6O)nnc5NC[C@H]4C3)CC1)C2. The van der Waals surface area contributed by atoms with Crippen LogP contribution >= 0.6 is 0 Å². The average Bonchev–Trinajstić information content (AvgIpc) is 3.81. The van der Waals surface area contributed by atoms with Crippen molar-refractivity contribution in [1.29, 1.82) is 0 Å². The van der Waals surface area contributed by atoms with E-state index in [9.17, 15) is 29.1 Å². The molecule has 10 rings (SSSR count). The summed E-state index contributed by atoms with van der Waals surface area (Å²) < 4.78 is 0. The van der Waals surface area contributed by atoms with E-state index in [1.54, 1.807) is 24.3 Å². The number of aromatic nitrogens is 2. The molecule has 4 saturated heterocycles. The molecule has 15 nitrogen and oxygen atoms in total. The summed E-state index contributed by atoms with van der Waals surface area (Å²) >= 11 is 0. The largest absolute Gasteiger partial charge is 0.507 e. The van der Waals surface area contributed by atoms with Gasteiger partial charge in [-0.3, -0.25) is 39.1 Å². The molecule has 2 aromatic carbocycles. The lowest BCUT2D eigenvalue weighted by molar-refractivity contribution is -0.138. The number of fused-ring (bicyclic) bond motifs is 5. The van der Waals surface area contributed by atoms with Crippen LogP contribution in [0.1, 0.15) is 66.2 Å². The van der Waals surface area contributed by atoms with Crippen molar-refractivity contribution in [3.8, 4) is 17.0 Å². The number of phenols is 1. The van der Waals surface area contributed by atoms with Gasteiger partial charge in [0, 0.05) is 87.4 Å². The van der Waals surface area contributed by atoms with Crippen LogP contribution in [-0.2, 0) is 14.4 Å². The molecule has 1 aliphatic carbocycles. The van der Waals surface area contributed by atoms with Gasteiger partial charge in [0.1, 0.15) is 11.8 Å². The van der Waals surface area contributed by atoms with Crippen LogP contribution in [0.5, 0.6) is 5.75 Å². The van der Waals surface area contributed by atoms with Gasteiger partial charge in [0.15, 0.2) is 5.82 Å². The Balaban J connectivity index is 0.730. The summed E-state index contributed by atoms with van der Waals surface area (Å²) in [6.07, 6.45) is 4.05. The fourth-order valence-corrected chi connectivity index (χ4v) is 10.8. The Labute approximate surface area is 330 Å². The number of anilines is 3. The zero-order chi connectivity index (χ0) is 39.2.